The second-order valence-corrected chi connectivity index (χ2v) is 8.30. The Bertz CT molecular complexity index is 705. The summed E-state index contributed by atoms with van der Waals surface area (Å²) < 4.78 is 31.5. The van der Waals surface area contributed by atoms with Crippen LogP contribution in [0.1, 0.15) is 30.4 Å². The predicted octanol–water partition coefficient (Wildman–Crippen LogP) is 1.51. The molecule has 1 N–H and O–H groups in total. The van der Waals surface area contributed by atoms with E-state index in [4.69, 9.17) is 4.74 Å². The number of sulfone groups is 1. The van der Waals surface area contributed by atoms with Crippen molar-refractivity contribution in [3.05, 3.63) is 29.3 Å². The normalized spacial score (nSPS) is 24.8. The Labute approximate surface area is 131 Å². The number of Topliss-reactive ketones (excluding diaryl/α,β-unsaturated/α-hetero) is 1. The van der Waals surface area contributed by atoms with Gasteiger partial charge in [-0.1, -0.05) is 17.7 Å². The second-order valence-electron chi connectivity index (χ2n) is 6.34. The first-order valence-electron chi connectivity index (χ1n) is 7.57. The summed E-state index contributed by atoms with van der Waals surface area (Å²) in [6.45, 7) is 5.16. The third-order valence-electron chi connectivity index (χ3n) is 4.55. The topological polar surface area (TPSA) is 72.5 Å². The zero-order valence-corrected chi connectivity index (χ0v) is 13.7. The van der Waals surface area contributed by atoms with Gasteiger partial charge in [0.05, 0.1) is 10.5 Å². The van der Waals surface area contributed by atoms with Crippen LogP contribution in [0.25, 0.3) is 0 Å². The van der Waals surface area contributed by atoms with Crippen LogP contribution in [-0.2, 0) is 19.4 Å². The molecule has 1 unspecified atom stereocenters. The maximum atomic E-state index is 12.8. The first kappa shape index (κ1) is 15.6. The lowest BCUT2D eigenvalue weighted by Gasteiger charge is -2.32. The van der Waals surface area contributed by atoms with Crippen molar-refractivity contribution in [1.82, 2.24) is 5.32 Å². The monoisotopic (exact) mass is 323 g/mol. The van der Waals surface area contributed by atoms with Gasteiger partial charge in [-0.3, -0.25) is 4.79 Å². The molecule has 6 heteroatoms. The Morgan fingerprint density at radius 1 is 1.23 bits per heavy atom. The average Bonchev–Trinajstić information content (AvgIpc) is 2.76. The van der Waals surface area contributed by atoms with Crippen molar-refractivity contribution in [2.75, 3.05) is 13.1 Å². The van der Waals surface area contributed by atoms with Gasteiger partial charge >= 0.3 is 0 Å². The van der Waals surface area contributed by atoms with Gasteiger partial charge in [-0.15, -0.1) is 0 Å². The molecular weight excluding hydrogens is 302 g/mol. The Balaban J connectivity index is 1.94. The molecule has 1 atom stereocenters. The van der Waals surface area contributed by atoms with E-state index in [0.717, 1.165) is 18.7 Å². The number of hydrogen-bond donors (Lipinski definition) is 1. The summed E-state index contributed by atoms with van der Waals surface area (Å²) in [6, 6.07) is 5.14. The van der Waals surface area contributed by atoms with Crippen LogP contribution in [0.3, 0.4) is 0 Å². The van der Waals surface area contributed by atoms with Gasteiger partial charge in [0.15, 0.2) is 5.78 Å². The van der Waals surface area contributed by atoms with Crippen LogP contribution in [-0.4, -0.2) is 38.3 Å². The van der Waals surface area contributed by atoms with Crippen LogP contribution < -0.4 is 5.32 Å². The number of carbonyl (C=O) groups is 1. The van der Waals surface area contributed by atoms with E-state index in [2.05, 4.69) is 5.32 Å². The molecule has 1 aromatic rings. The molecule has 0 saturated carbocycles. The molecule has 3 rings (SSSR count). The molecule has 5 nitrogen and oxygen atoms in total. The minimum Gasteiger partial charge on any atom is -0.347 e. The molecule has 22 heavy (non-hydrogen) atoms. The van der Waals surface area contributed by atoms with Crippen LogP contribution >= 0.6 is 0 Å². The van der Waals surface area contributed by atoms with Crippen LogP contribution in [0.2, 0.25) is 0 Å². The highest BCUT2D eigenvalue weighted by Gasteiger charge is 2.51. The number of hydrogen-bond acceptors (Lipinski definition) is 5. The number of piperidine rings is 1. The van der Waals surface area contributed by atoms with E-state index in [9.17, 15) is 13.2 Å². The Morgan fingerprint density at radius 2 is 1.91 bits per heavy atom. The van der Waals surface area contributed by atoms with E-state index >= 15 is 0 Å². The maximum Gasteiger partial charge on any atom is 0.222 e. The molecule has 2 aliphatic heterocycles. The Hall–Kier alpha value is -1.24. The average molecular weight is 323 g/mol. The van der Waals surface area contributed by atoms with Crippen molar-refractivity contribution in [2.24, 2.45) is 0 Å². The second kappa shape index (κ2) is 5.44. The smallest absolute Gasteiger partial charge is 0.222 e. The van der Waals surface area contributed by atoms with E-state index in [1.54, 1.807) is 19.1 Å². The van der Waals surface area contributed by atoms with Gasteiger partial charge in [0.2, 0.25) is 15.3 Å². The molecule has 0 radical (unpaired) electrons. The fourth-order valence-electron chi connectivity index (χ4n) is 3.38. The Morgan fingerprint density at radius 3 is 2.55 bits per heavy atom. The first-order valence-corrected chi connectivity index (χ1v) is 9.11. The summed E-state index contributed by atoms with van der Waals surface area (Å²) in [6.07, 6.45) is 1.55. The number of ether oxygens (including phenoxy) is 1. The van der Waals surface area contributed by atoms with Gasteiger partial charge < -0.3 is 10.1 Å². The first-order chi connectivity index (χ1) is 10.3. The number of nitrogens with one attached hydrogen (secondary N) is 1. The SMILES string of the molecule is Cc1ccc(S(=O)(=O)C2OC3(CCNCC3)CC2=O)c(C)c1. The highest BCUT2D eigenvalue weighted by molar-refractivity contribution is 7.92. The zero-order chi connectivity index (χ0) is 16.0. The molecule has 2 heterocycles. The number of benzene rings is 1. The molecular formula is C16H21NO4S. The lowest BCUT2D eigenvalue weighted by Crippen LogP contribution is -2.42. The molecule has 0 aromatic heterocycles. The maximum absolute atomic E-state index is 12.8. The van der Waals surface area contributed by atoms with Gasteiger partial charge in [-0.25, -0.2) is 8.42 Å². The number of aryl methyl sites for hydroxylation is 2. The predicted molar refractivity (Wildman–Crippen MR) is 82.4 cm³/mol. The van der Waals surface area contributed by atoms with Crippen molar-refractivity contribution < 1.29 is 17.9 Å². The molecule has 0 amide bonds. The van der Waals surface area contributed by atoms with Crippen molar-refractivity contribution in [3.8, 4) is 0 Å². The minimum atomic E-state index is -3.80. The molecule has 2 saturated heterocycles. The van der Waals surface area contributed by atoms with Crippen LogP contribution in [0.5, 0.6) is 0 Å². The van der Waals surface area contributed by atoms with Crippen LogP contribution in [0, 0.1) is 13.8 Å². The number of rotatable bonds is 2. The molecule has 1 aromatic carbocycles. The molecule has 0 aliphatic carbocycles. The lowest BCUT2D eigenvalue weighted by atomic mass is 9.89. The zero-order valence-electron chi connectivity index (χ0n) is 12.9. The van der Waals surface area contributed by atoms with E-state index < -0.39 is 20.9 Å². The van der Waals surface area contributed by atoms with Gasteiger partial charge in [-0.05, 0) is 51.4 Å². The summed E-state index contributed by atoms with van der Waals surface area (Å²) >= 11 is 0. The fraction of sp³-hybridized carbons (Fsp3) is 0.562. The van der Waals surface area contributed by atoms with Crippen LogP contribution in [0.4, 0.5) is 0 Å². The number of carbonyl (C=O) groups excluding carboxylic acids is 1. The van der Waals surface area contributed by atoms with Crippen molar-refractivity contribution in [3.63, 3.8) is 0 Å². The summed E-state index contributed by atoms with van der Waals surface area (Å²) in [7, 11) is -3.80. The van der Waals surface area contributed by atoms with Gasteiger partial charge in [0, 0.05) is 6.42 Å². The third-order valence-corrected chi connectivity index (χ3v) is 6.54. The number of ketones is 1. The lowest BCUT2D eigenvalue weighted by molar-refractivity contribution is -0.119. The summed E-state index contributed by atoms with van der Waals surface area (Å²) in [4.78, 5) is 12.5. The minimum absolute atomic E-state index is 0.197. The van der Waals surface area contributed by atoms with Crippen molar-refractivity contribution >= 4 is 15.6 Å². The van der Waals surface area contributed by atoms with Gasteiger partial charge in [0.25, 0.3) is 0 Å². The molecule has 2 fully saturated rings. The highest BCUT2D eigenvalue weighted by atomic mass is 32.2. The van der Waals surface area contributed by atoms with Crippen LogP contribution in [0.15, 0.2) is 23.1 Å². The van der Waals surface area contributed by atoms with Crippen molar-refractivity contribution in [2.45, 2.75) is 49.0 Å². The Kier molecular flexibility index (Phi) is 3.87. The quantitative estimate of drug-likeness (QED) is 0.893. The van der Waals surface area contributed by atoms with Gasteiger partial charge in [-0.2, -0.15) is 0 Å². The van der Waals surface area contributed by atoms with Crippen molar-refractivity contribution in [1.29, 1.82) is 0 Å². The van der Waals surface area contributed by atoms with E-state index in [1.165, 1.54) is 0 Å². The molecule has 1 spiro atoms. The summed E-state index contributed by atoms with van der Waals surface area (Å²) in [5.41, 5.74) is -0.307. The molecule has 120 valence electrons. The summed E-state index contributed by atoms with van der Waals surface area (Å²) in [5.74, 6) is -0.318. The largest absolute Gasteiger partial charge is 0.347 e. The molecule has 0 bridgehead atoms. The van der Waals surface area contributed by atoms with Gasteiger partial charge in [0.1, 0.15) is 0 Å². The van der Waals surface area contributed by atoms with E-state index in [-0.39, 0.29) is 17.1 Å². The fourth-order valence-corrected chi connectivity index (χ4v) is 5.14. The van der Waals surface area contributed by atoms with E-state index in [1.807, 2.05) is 13.0 Å². The molecule has 2 aliphatic rings. The highest BCUT2D eigenvalue weighted by Crippen LogP contribution is 2.39. The standard InChI is InChI=1S/C16H21NO4S/c1-11-3-4-14(12(2)9-11)22(19,20)15-13(18)10-16(21-15)5-7-17-8-6-16/h3-4,9,15,17H,5-8,10H2,1-2H3. The van der Waals surface area contributed by atoms with E-state index in [0.29, 0.717) is 18.4 Å². The summed E-state index contributed by atoms with van der Waals surface area (Å²) in [5, 5.41) is 3.21. The third kappa shape index (κ3) is 2.59.